The summed E-state index contributed by atoms with van der Waals surface area (Å²) in [6.45, 7) is 4.53. The maximum atomic E-state index is 12.5. The molecule has 8 nitrogen and oxygen atoms in total. The second kappa shape index (κ2) is 8.23. The average Bonchev–Trinajstić information content (AvgIpc) is 3.30. The van der Waals surface area contributed by atoms with Gasteiger partial charge in [-0.2, -0.15) is 4.98 Å². The van der Waals surface area contributed by atoms with E-state index in [1.165, 1.54) is 11.8 Å². The summed E-state index contributed by atoms with van der Waals surface area (Å²) in [5.41, 5.74) is 2.54. The van der Waals surface area contributed by atoms with Gasteiger partial charge in [0.1, 0.15) is 11.4 Å². The van der Waals surface area contributed by atoms with Crippen molar-refractivity contribution in [3.63, 3.8) is 0 Å². The number of hydrogen-bond acceptors (Lipinski definition) is 7. The minimum absolute atomic E-state index is 0.134. The second-order valence-corrected chi connectivity index (χ2v) is 7.77. The highest BCUT2D eigenvalue weighted by Crippen LogP contribution is 2.22. The SMILES string of the molecule is CN1CCN(c2ccc(Nc3ncc4ccc(=O)n(Cc5ccco5)c4n3)cc2)CC1. The molecule has 1 N–H and O–H groups in total. The van der Waals surface area contributed by atoms with Gasteiger partial charge in [-0.1, -0.05) is 0 Å². The molecule has 3 aromatic heterocycles. The summed E-state index contributed by atoms with van der Waals surface area (Å²) in [7, 11) is 2.15. The van der Waals surface area contributed by atoms with Gasteiger partial charge in [-0.05, 0) is 49.5 Å². The molecule has 158 valence electrons. The topological polar surface area (TPSA) is 79.4 Å². The summed E-state index contributed by atoms with van der Waals surface area (Å²) < 4.78 is 7.00. The Labute approximate surface area is 179 Å². The van der Waals surface area contributed by atoms with Crippen LogP contribution in [0.25, 0.3) is 11.0 Å². The first-order chi connectivity index (χ1) is 15.2. The van der Waals surface area contributed by atoms with Crippen LogP contribution in [0.15, 0.2) is 70.2 Å². The summed E-state index contributed by atoms with van der Waals surface area (Å²) in [4.78, 5) is 26.2. The van der Waals surface area contributed by atoms with E-state index in [0.29, 0.717) is 23.9 Å². The van der Waals surface area contributed by atoms with E-state index in [1.807, 2.05) is 18.2 Å². The maximum Gasteiger partial charge on any atom is 0.252 e. The van der Waals surface area contributed by atoms with Gasteiger partial charge in [0.25, 0.3) is 5.56 Å². The van der Waals surface area contributed by atoms with Crippen LogP contribution in [0.4, 0.5) is 17.3 Å². The molecule has 5 rings (SSSR count). The number of likely N-dealkylation sites (N-methyl/N-ethyl adjacent to an activating group) is 1. The molecule has 0 atom stereocenters. The quantitative estimate of drug-likeness (QED) is 0.536. The van der Waals surface area contributed by atoms with Crippen molar-refractivity contribution >= 4 is 28.4 Å². The smallest absolute Gasteiger partial charge is 0.252 e. The molecule has 1 aliphatic heterocycles. The first kappa shape index (κ1) is 19.3. The molecule has 4 heterocycles. The van der Waals surface area contributed by atoms with Crippen LogP contribution < -0.4 is 15.8 Å². The molecule has 0 aliphatic carbocycles. The van der Waals surface area contributed by atoms with Gasteiger partial charge in [-0.25, -0.2) is 4.98 Å². The predicted molar refractivity (Wildman–Crippen MR) is 121 cm³/mol. The molecule has 0 unspecified atom stereocenters. The van der Waals surface area contributed by atoms with Crippen LogP contribution >= 0.6 is 0 Å². The van der Waals surface area contributed by atoms with E-state index in [2.05, 4.69) is 44.3 Å². The number of hydrogen-bond donors (Lipinski definition) is 1. The standard InChI is InChI=1S/C23H24N6O2/c1-27-10-12-28(13-11-27)19-7-5-18(6-8-19)25-23-24-15-17-4-9-21(30)29(22(17)26-23)16-20-3-2-14-31-20/h2-9,14-15H,10-13,16H2,1H3,(H,24,25,26). The van der Waals surface area contributed by atoms with E-state index in [4.69, 9.17) is 4.42 Å². The van der Waals surface area contributed by atoms with Gasteiger partial charge in [0, 0.05) is 55.2 Å². The lowest BCUT2D eigenvalue weighted by Crippen LogP contribution is -2.44. The largest absolute Gasteiger partial charge is 0.467 e. The zero-order chi connectivity index (χ0) is 21.2. The highest BCUT2D eigenvalue weighted by atomic mass is 16.3. The fourth-order valence-electron chi connectivity index (χ4n) is 3.79. The third-order valence-electron chi connectivity index (χ3n) is 5.61. The zero-order valence-electron chi connectivity index (χ0n) is 17.4. The third-order valence-corrected chi connectivity index (χ3v) is 5.61. The van der Waals surface area contributed by atoms with Gasteiger partial charge < -0.3 is 19.5 Å². The summed E-state index contributed by atoms with van der Waals surface area (Å²) in [6.07, 6.45) is 3.32. The second-order valence-electron chi connectivity index (χ2n) is 7.77. The highest BCUT2D eigenvalue weighted by Gasteiger charge is 2.14. The highest BCUT2D eigenvalue weighted by molar-refractivity contribution is 5.75. The van der Waals surface area contributed by atoms with Crippen molar-refractivity contribution < 1.29 is 4.42 Å². The molecular weight excluding hydrogens is 392 g/mol. The van der Waals surface area contributed by atoms with Crippen LogP contribution in [0.2, 0.25) is 0 Å². The maximum absolute atomic E-state index is 12.5. The minimum atomic E-state index is -0.134. The van der Waals surface area contributed by atoms with Gasteiger partial charge in [0.2, 0.25) is 5.95 Å². The molecule has 0 spiro atoms. The number of aromatic nitrogens is 3. The van der Waals surface area contributed by atoms with E-state index in [0.717, 1.165) is 37.3 Å². The van der Waals surface area contributed by atoms with E-state index in [9.17, 15) is 4.79 Å². The van der Waals surface area contributed by atoms with Crippen LogP contribution in [0.1, 0.15) is 5.76 Å². The summed E-state index contributed by atoms with van der Waals surface area (Å²) >= 11 is 0. The number of piperazine rings is 1. The molecule has 0 amide bonds. The van der Waals surface area contributed by atoms with Gasteiger partial charge in [-0.3, -0.25) is 9.36 Å². The summed E-state index contributed by atoms with van der Waals surface area (Å²) in [5.74, 6) is 1.14. The number of nitrogens with one attached hydrogen (secondary N) is 1. The molecule has 31 heavy (non-hydrogen) atoms. The van der Waals surface area contributed by atoms with E-state index >= 15 is 0 Å². The third kappa shape index (κ3) is 4.15. The van der Waals surface area contributed by atoms with Crippen LogP contribution in [0.3, 0.4) is 0 Å². The van der Waals surface area contributed by atoms with Crippen molar-refractivity contribution in [2.24, 2.45) is 0 Å². The predicted octanol–water partition coefficient (Wildman–Crippen LogP) is 2.93. The van der Waals surface area contributed by atoms with Crippen molar-refractivity contribution in [1.29, 1.82) is 0 Å². The Morgan fingerprint density at radius 1 is 1.03 bits per heavy atom. The molecule has 0 bridgehead atoms. The normalized spacial score (nSPS) is 14.8. The number of rotatable bonds is 5. The van der Waals surface area contributed by atoms with E-state index < -0.39 is 0 Å². The first-order valence-corrected chi connectivity index (χ1v) is 10.4. The monoisotopic (exact) mass is 416 g/mol. The van der Waals surface area contributed by atoms with Gasteiger partial charge in [-0.15, -0.1) is 0 Å². The molecule has 4 aromatic rings. The Morgan fingerprint density at radius 3 is 2.58 bits per heavy atom. The lowest BCUT2D eigenvalue weighted by molar-refractivity contribution is 0.313. The van der Waals surface area contributed by atoms with Crippen molar-refractivity contribution in [3.8, 4) is 0 Å². The van der Waals surface area contributed by atoms with Crippen molar-refractivity contribution in [1.82, 2.24) is 19.4 Å². The fraction of sp³-hybridized carbons (Fsp3) is 0.261. The fourth-order valence-corrected chi connectivity index (χ4v) is 3.79. The molecule has 1 fully saturated rings. The Balaban J connectivity index is 1.38. The lowest BCUT2D eigenvalue weighted by atomic mass is 10.2. The average molecular weight is 416 g/mol. The van der Waals surface area contributed by atoms with Crippen molar-refractivity contribution in [2.45, 2.75) is 6.54 Å². The van der Waals surface area contributed by atoms with Gasteiger partial charge in [0.05, 0.1) is 12.8 Å². The Kier molecular flexibility index (Phi) is 5.13. The number of pyridine rings is 1. The number of benzene rings is 1. The van der Waals surface area contributed by atoms with Crippen LogP contribution in [0, 0.1) is 0 Å². The first-order valence-electron chi connectivity index (χ1n) is 10.4. The number of fused-ring (bicyclic) bond motifs is 1. The Morgan fingerprint density at radius 2 is 1.84 bits per heavy atom. The molecule has 0 radical (unpaired) electrons. The number of furan rings is 1. The van der Waals surface area contributed by atoms with E-state index in [-0.39, 0.29) is 5.56 Å². The minimum Gasteiger partial charge on any atom is -0.467 e. The molecule has 1 aromatic carbocycles. The van der Waals surface area contributed by atoms with Crippen molar-refractivity contribution in [2.75, 3.05) is 43.4 Å². The van der Waals surface area contributed by atoms with Crippen molar-refractivity contribution in [3.05, 3.63) is 77.1 Å². The van der Waals surface area contributed by atoms with E-state index in [1.54, 1.807) is 29.2 Å². The van der Waals surface area contributed by atoms with Crippen LogP contribution in [-0.4, -0.2) is 52.7 Å². The summed E-state index contributed by atoms with van der Waals surface area (Å²) in [5, 5.41) is 4.04. The lowest BCUT2D eigenvalue weighted by Gasteiger charge is -2.34. The Bertz CT molecular complexity index is 1230. The molecule has 1 saturated heterocycles. The molecular formula is C23H24N6O2. The molecule has 1 aliphatic rings. The van der Waals surface area contributed by atoms with Gasteiger partial charge >= 0.3 is 0 Å². The van der Waals surface area contributed by atoms with Gasteiger partial charge in [0.15, 0.2) is 0 Å². The zero-order valence-corrected chi connectivity index (χ0v) is 17.4. The molecule has 0 saturated carbocycles. The summed E-state index contributed by atoms with van der Waals surface area (Å²) in [6, 6.07) is 15.2. The number of anilines is 3. The van der Waals surface area contributed by atoms with Crippen LogP contribution in [0.5, 0.6) is 0 Å². The molecule has 8 heteroatoms. The van der Waals surface area contributed by atoms with Crippen LogP contribution in [-0.2, 0) is 6.54 Å². The Hall–Kier alpha value is -3.65. The number of nitrogens with zero attached hydrogens (tertiary/aromatic N) is 5.